The van der Waals surface area contributed by atoms with Crippen molar-refractivity contribution in [2.24, 2.45) is 0 Å². The van der Waals surface area contributed by atoms with Crippen LogP contribution in [0.15, 0.2) is 12.1 Å². The van der Waals surface area contributed by atoms with Crippen molar-refractivity contribution in [1.82, 2.24) is 0 Å². The smallest absolute Gasteiger partial charge is 0.173 e. The molecule has 6 heteroatoms. The van der Waals surface area contributed by atoms with E-state index < -0.39 is 28.1 Å². The quantitative estimate of drug-likeness (QED) is 0.852. The van der Waals surface area contributed by atoms with Crippen LogP contribution in [0, 0.1) is 11.6 Å². The monoisotopic (exact) mass is 270 g/mol. The largest absolute Gasteiger partial charge is 0.491 e. The van der Waals surface area contributed by atoms with Crippen LogP contribution in [0.5, 0.6) is 5.75 Å². The van der Waals surface area contributed by atoms with Gasteiger partial charge in [0.25, 0.3) is 0 Å². The molecule has 16 heavy (non-hydrogen) atoms. The Morgan fingerprint density at radius 1 is 1.38 bits per heavy atom. The fourth-order valence-corrected chi connectivity index (χ4v) is 1.47. The van der Waals surface area contributed by atoms with Crippen molar-refractivity contribution in [2.45, 2.75) is 17.9 Å². The van der Waals surface area contributed by atoms with E-state index in [1.54, 1.807) is 6.92 Å². The summed E-state index contributed by atoms with van der Waals surface area (Å²) < 4.78 is 31.9. The summed E-state index contributed by atoms with van der Waals surface area (Å²) in [5.74, 6) is -2.05. The summed E-state index contributed by atoms with van der Waals surface area (Å²) in [6.07, 6.45) is -1.64. The fourth-order valence-electron chi connectivity index (χ4n) is 1.21. The molecule has 0 aliphatic rings. The highest BCUT2D eigenvalue weighted by atomic mass is 35.5. The lowest BCUT2D eigenvalue weighted by atomic mass is 10.1. The first-order valence-corrected chi connectivity index (χ1v) is 5.43. The van der Waals surface area contributed by atoms with Crippen molar-refractivity contribution < 1.29 is 18.6 Å². The number of hydrogen-bond donors (Lipinski definition) is 1. The van der Waals surface area contributed by atoms with Gasteiger partial charge in [0.05, 0.1) is 12.2 Å². The highest BCUT2D eigenvalue weighted by Gasteiger charge is 2.25. The van der Waals surface area contributed by atoms with Gasteiger partial charge in [0.2, 0.25) is 0 Å². The van der Waals surface area contributed by atoms with E-state index >= 15 is 0 Å². The Kier molecular flexibility index (Phi) is 4.77. The molecule has 0 aromatic heterocycles. The standard InChI is InChI=1S/C10H10Cl2F2O2/c1-2-16-6-4-3-5(13)7(8(6)14)9(15)10(11)12/h3-4,9-10,15H,2H2,1H3. The molecule has 0 aliphatic heterocycles. The van der Waals surface area contributed by atoms with Crippen LogP contribution in [-0.2, 0) is 0 Å². The molecule has 0 fully saturated rings. The molecular formula is C10H10Cl2F2O2. The highest BCUT2D eigenvalue weighted by Crippen LogP contribution is 2.32. The zero-order chi connectivity index (χ0) is 12.3. The molecule has 0 saturated carbocycles. The molecule has 1 unspecified atom stereocenters. The second-order valence-electron chi connectivity index (χ2n) is 2.99. The van der Waals surface area contributed by atoms with Crippen LogP contribution in [-0.4, -0.2) is 16.5 Å². The fraction of sp³-hybridized carbons (Fsp3) is 0.400. The van der Waals surface area contributed by atoms with E-state index in [4.69, 9.17) is 27.9 Å². The zero-order valence-corrected chi connectivity index (χ0v) is 9.90. The predicted molar refractivity (Wildman–Crippen MR) is 58.0 cm³/mol. The lowest BCUT2D eigenvalue weighted by Gasteiger charge is -2.15. The van der Waals surface area contributed by atoms with Gasteiger partial charge in [-0.1, -0.05) is 0 Å². The van der Waals surface area contributed by atoms with Crippen LogP contribution in [0.4, 0.5) is 8.78 Å². The third kappa shape index (κ3) is 2.75. The maximum Gasteiger partial charge on any atom is 0.173 e. The van der Waals surface area contributed by atoms with E-state index in [0.29, 0.717) is 0 Å². The van der Waals surface area contributed by atoms with Crippen LogP contribution in [0.25, 0.3) is 0 Å². The average Bonchev–Trinajstić information content (AvgIpc) is 2.22. The number of ether oxygens (including phenoxy) is 1. The number of aliphatic hydroxyl groups excluding tert-OH is 1. The Hall–Kier alpha value is -0.580. The van der Waals surface area contributed by atoms with Crippen molar-refractivity contribution in [2.75, 3.05) is 6.61 Å². The maximum atomic E-state index is 13.7. The second kappa shape index (κ2) is 5.66. The predicted octanol–water partition coefficient (Wildman–Crippen LogP) is 3.20. The summed E-state index contributed by atoms with van der Waals surface area (Å²) in [6, 6.07) is 2.13. The molecule has 0 bridgehead atoms. The number of hydrogen-bond acceptors (Lipinski definition) is 2. The summed E-state index contributed by atoms with van der Waals surface area (Å²) in [6.45, 7) is 1.88. The Bertz CT molecular complexity index is 372. The van der Waals surface area contributed by atoms with Crippen molar-refractivity contribution in [1.29, 1.82) is 0 Å². The van der Waals surface area contributed by atoms with E-state index in [-0.39, 0.29) is 12.4 Å². The van der Waals surface area contributed by atoms with Gasteiger partial charge >= 0.3 is 0 Å². The molecular weight excluding hydrogens is 261 g/mol. The van der Waals surface area contributed by atoms with Crippen molar-refractivity contribution in [3.8, 4) is 5.75 Å². The normalized spacial score (nSPS) is 12.9. The molecule has 90 valence electrons. The van der Waals surface area contributed by atoms with Gasteiger partial charge in [-0.25, -0.2) is 8.78 Å². The molecule has 0 radical (unpaired) electrons. The number of halogens is 4. The minimum Gasteiger partial charge on any atom is -0.491 e. The zero-order valence-electron chi connectivity index (χ0n) is 8.38. The van der Waals surface area contributed by atoms with Crippen molar-refractivity contribution in [3.63, 3.8) is 0 Å². The van der Waals surface area contributed by atoms with Crippen LogP contribution in [0.1, 0.15) is 18.6 Å². The molecule has 1 atom stereocenters. The SMILES string of the molecule is CCOc1ccc(F)c(C(O)C(Cl)Cl)c1F. The minimum absolute atomic E-state index is 0.146. The first-order valence-electron chi connectivity index (χ1n) is 4.56. The topological polar surface area (TPSA) is 29.5 Å². The molecule has 0 saturated heterocycles. The third-order valence-electron chi connectivity index (χ3n) is 1.93. The van der Waals surface area contributed by atoms with E-state index in [9.17, 15) is 13.9 Å². The second-order valence-corrected chi connectivity index (χ2v) is 4.15. The maximum absolute atomic E-state index is 13.7. The Labute approximate surface area is 102 Å². The van der Waals surface area contributed by atoms with E-state index in [2.05, 4.69) is 0 Å². The molecule has 1 aromatic rings. The van der Waals surface area contributed by atoms with Gasteiger partial charge in [0.1, 0.15) is 16.8 Å². The highest BCUT2D eigenvalue weighted by molar-refractivity contribution is 6.44. The molecule has 0 aliphatic carbocycles. The van der Waals surface area contributed by atoms with Gasteiger partial charge in [-0.3, -0.25) is 0 Å². The Morgan fingerprint density at radius 3 is 2.50 bits per heavy atom. The van der Waals surface area contributed by atoms with E-state index in [1.807, 2.05) is 0 Å². The van der Waals surface area contributed by atoms with E-state index in [1.165, 1.54) is 0 Å². The van der Waals surface area contributed by atoms with E-state index in [0.717, 1.165) is 12.1 Å². The van der Waals surface area contributed by atoms with Crippen LogP contribution < -0.4 is 4.74 Å². The summed E-state index contributed by atoms with van der Waals surface area (Å²) in [5.41, 5.74) is -0.582. The molecule has 0 spiro atoms. The third-order valence-corrected chi connectivity index (χ3v) is 2.40. The molecule has 0 heterocycles. The molecule has 1 rings (SSSR count). The Balaban J connectivity index is 3.20. The lowest BCUT2D eigenvalue weighted by Crippen LogP contribution is -2.12. The van der Waals surface area contributed by atoms with Crippen LogP contribution >= 0.6 is 23.2 Å². The van der Waals surface area contributed by atoms with Crippen LogP contribution in [0.3, 0.4) is 0 Å². The summed E-state index contributed by atoms with van der Waals surface area (Å²) in [4.78, 5) is -1.32. The first-order chi connectivity index (χ1) is 7.49. The van der Waals surface area contributed by atoms with Gasteiger partial charge in [-0.15, -0.1) is 23.2 Å². The van der Waals surface area contributed by atoms with Gasteiger partial charge in [-0.05, 0) is 19.1 Å². The van der Waals surface area contributed by atoms with Gasteiger partial charge in [-0.2, -0.15) is 0 Å². The molecule has 1 aromatic carbocycles. The average molecular weight is 271 g/mol. The molecule has 1 N–H and O–H groups in total. The summed E-state index contributed by atoms with van der Waals surface area (Å²) in [7, 11) is 0. The lowest BCUT2D eigenvalue weighted by molar-refractivity contribution is 0.180. The van der Waals surface area contributed by atoms with Gasteiger partial charge in [0.15, 0.2) is 11.6 Å². The van der Waals surface area contributed by atoms with Crippen molar-refractivity contribution >= 4 is 23.2 Å². The van der Waals surface area contributed by atoms with Gasteiger partial charge in [0, 0.05) is 0 Å². The minimum atomic E-state index is -1.64. The first kappa shape index (κ1) is 13.5. The van der Waals surface area contributed by atoms with Crippen molar-refractivity contribution in [3.05, 3.63) is 29.3 Å². The number of benzene rings is 1. The molecule has 2 nitrogen and oxygen atoms in total. The van der Waals surface area contributed by atoms with Gasteiger partial charge < -0.3 is 9.84 Å². The summed E-state index contributed by atoms with van der Waals surface area (Å²) in [5, 5.41) is 9.45. The number of aliphatic hydroxyl groups is 1. The number of alkyl halides is 2. The number of rotatable bonds is 4. The Morgan fingerprint density at radius 2 is 2.00 bits per heavy atom. The summed E-state index contributed by atoms with van der Waals surface area (Å²) >= 11 is 10.8. The van der Waals surface area contributed by atoms with Crippen LogP contribution in [0.2, 0.25) is 0 Å². The molecule has 0 amide bonds.